The van der Waals surface area contributed by atoms with Crippen LogP contribution >= 0.6 is 0 Å². The van der Waals surface area contributed by atoms with E-state index in [9.17, 15) is 0 Å². The molecule has 0 amide bonds. The van der Waals surface area contributed by atoms with Crippen LogP contribution in [0.4, 0.5) is 0 Å². The minimum Gasteiger partial charge on any atom is -0.545 e. The third kappa shape index (κ3) is 7010. The zero-order valence-electron chi connectivity index (χ0n) is 4.95. The summed E-state index contributed by atoms with van der Waals surface area (Å²) in [4.78, 5) is 16.4. The Morgan fingerprint density at radius 3 is 1.38 bits per heavy atom. The molecule has 1 radical (unpaired) electrons. The summed E-state index contributed by atoms with van der Waals surface area (Å²) in [6.07, 6.45) is 1.50. The minimum absolute atomic E-state index is 0. The van der Waals surface area contributed by atoms with Crippen molar-refractivity contribution in [1.29, 1.82) is 0 Å². The van der Waals surface area contributed by atoms with Crippen LogP contribution in [-0.4, -0.2) is 13.1 Å². The van der Waals surface area contributed by atoms with Crippen LogP contribution in [0.3, 0.4) is 0 Å². The van der Waals surface area contributed by atoms with Crippen molar-refractivity contribution in [2.24, 2.45) is 0 Å². The fourth-order valence-corrected chi connectivity index (χ4v) is 0. The van der Waals surface area contributed by atoms with E-state index in [0.717, 1.165) is 0 Å². The molecule has 0 saturated carbocycles. The first-order valence-corrected chi connectivity index (χ1v) is 1.65. The van der Waals surface area contributed by atoms with Crippen LogP contribution < -0.4 is 0 Å². The molecular weight excluding hydrogens is 148 g/mol. The van der Waals surface area contributed by atoms with E-state index in [-0.39, 0.29) is 17.1 Å². The molecule has 0 saturated heterocycles. The monoisotopic (exact) mass is 157 g/mol. The third-order valence-electron chi connectivity index (χ3n) is 0. The molecule has 0 aliphatic carbocycles. The van der Waals surface area contributed by atoms with Gasteiger partial charge in [0.25, 0.3) is 0 Å². The van der Waals surface area contributed by atoms with Crippen LogP contribution in [0, 0.1) is 6.92 Å². The van der Waals surface area contributed by atoms with Crippen LogP contribution in [0.15, 0.2) is 0 Å². The second-order valence-electron chi connectivity index (χ2n) is 0.204. The molecular formula is C5H9FeO2. The Balaban J connectivity index is -0.0000000147. The first kappa shape index (κ1) is 24.8. The standard InChI is InChI=1S/C2H3O.C2H5.CHO.Fe/c1-2-3;2*1-2;/h1H3;1H2,2H3;1H;/q3*-1;+3. The average Bonchev–Trinajstić information content (AvgIpc) is 1.78. The maximum absolute atomic E-state index is 8.68. The predicted molar refractivity (Wildman–Crippen MR) is 29.1 cm³/mol. The molecule has 0 heterocycles. The van der Waals surface area contributed by atoms with E-state index in [1.807, 2.05) is 0 Å². The van der Waals surface area contributed by atoms with Crippen LogP contribution in [-0.2, 0) is 26.7 Å². The van der Waals surface area contributed by atoms with Crippen molar-refractivity contribution in [3.8, 4) is 0 Å². The van der Waals surface area contributed by atoms with Crippen LogP contribution in [0.2, 0.25) is 0 Å². The Hall–Kier alpha value is -0.141. The van der Waals surface area contributed by atoms with Crippen molar-refractivity contribution < 1.29 is 26.7 Å². The van der Waals surface area contributed by atoms with Crippen molar-refractivity contribution in [3.63, 3.8) is 0 Å². The minimum atomic E-state index is 0. The van der Waals surface area contributed by atoms with Gasteiger partial charge in [0, 0.05) is 0 Å². The fourth-order valence-electron chi connectivity index (χ4n) is 0. The predicted octanol–water partition coefficient (Wildman–Crippen LogP) is 0.680. The molecule has 0 bridgehead atoms. The Labute approximate surface area is 61.1 Å². The molecule has 0 fully saturated rings. The molecule has 0 spiro atoms. The normalized spacial score (nSPS) is 2.88. The van der Waals surface area contributed by atoms with E-state index in [4.69, 9.17) is 9.59 Å². The summed E-state index contributed by atoms with van der Waals surface area (Å²) in [6, 6.07) is 0. The topological polar surface area (TPSA) is 34.1 Å². The van der Waals surface area contributed by atoms with E-state index in [1.54, 1.807) is 6.92 Å². The van der Waals surface area contributed by atoms with Crippen molar-refractivity contribution in [3.05, 3.63) is 6.92 Å². The Morgan fingerprint density at radius 2 is 1.38 bits per heavy atom. The number of hydrogen-bond acceptors (Lipinski definition) is 2. The van der Waals surface area contributed by atoms with Gasteiger partial charge in [-0.2, -0.15) is 13.8 Å². The molecule has 8 heavy (non-hydrogen) atoms. The first-order valence-electron chi connectivity index (χ1n) is 1.65. The molecule has 49 valence electrons. The maximum atomic E-state index is 8.68. The van der Waals surface area contributed by atoms with Gasteiger partial charge in [0.2, 0.25) is 0 Å². The summed E-state index contributed by atoms with van der Waals surface area (Å²) in [5.41, 5.74) is 0. The smallest absolute Gasteiger partial charge is 0.545 e. The largest absolute Gasteiger partial charge is 3.00 e. The van der Waals surface area contributed by atoms with E-state index in [2.05, 4.69) is 13.7 Å². The van der Waals surface area contributed by atoms with Crippen molar-refractivity contribution in [2.75, 3.05) is 0 Å². The van der Waals surface area contributed by atoms with Crippen LogP contribution in [0.25, 0.3) is 0 Å². The summed E-state index contributed by atoms with van der Waals surface area (Å²) in [5.74, 6) is 0. The molecule has 0 aromatic heterocycles. The van der Waals surface area contributed by atoms with E-state index in [0.29, 0.717) is 0 Å². The number of hydrogen-bond donors (Lipinski definition) is 0. The molecule has 0 aromatic carbocycles. The summed E-state index contributed by atoms with van der Waals surface area (Å²) in [6.45, 7) is 9.57. The van der Waals surface area contributed by atoms with Gasteiger partial charge >= 0.3 is 17.1 Å². The van der Waals surface area contributed by atoms with Gasteiger partial charge < -0.3 is 16.5 Å². The number of carbonyl (C=O) groups excluding carboxylic acids is 2. The SMILES string of the molecule is C[C-]=O.[CH-]=O.[CH2-]C.[Fe+3]. The molecule has 0 unspecified atom stereocenters. The molecule has 0 atom stereocenters. The van der Waals surface area contributed by atoms with Crippen molar-refractivity contribution in [1.82, 2.24) is 0 Å². The summed E-state index contributed by atoms with van der Waals surface area (Å²) < 4.78 is 0. The second-order valence-corrected chi connectivity index (χ2v) is 0.204. The fraction of sp³-hybridized carbons (Fsp3) is 0.400. The average molecular weight is 157 g/mol. The van der Waals surface area contributed by atoms with Gasteiger partial charge in [-0.1, -0.05) is 0 Å². The molecule has 0 aliphatic rings. The van der Waals surface area contributed by atoms with Crippen molar-refractivity contribution in [2.45, 2.75) is 13.8 Å². The van der Waals surface area contributed by atoms with E-state index >= 15 is 0 Å². The number of rotatable bonds is 0. The first-order chi connectivity index (χ1) is 3.41. The maximum Gasteiger partial charge on any atom is 3.00 e. The van der Waals surface area contributed by atoms with Gasteiger partial charge in [0.1, 0.15) is 0 Å². The van der Waals surface area contributed by atoms with E-state index < -0.39 is 0 Å². The van der Waals surface area contributed by atoms with Gasteiger partial charge in [-0.3, -0.25) is 13.1 Å². The van der Waals surface area contributed by atoms with Gasteiger partial charge in [-0.05, 0) is 0 Å². The molecule has 3 heteroatoms. The zero-order valence-corrected chi connectivity index (χ0v) is 6.06. The van der Waals surface area contributed by atoms with Crippen LogP contribution in [0.1, 0.15) is 13.8 Å². The van der Waals surface area contributed by atoms with Crippen LogP contribution in [0.5, 0.6) is 0 Å². The molecule has 0 aliphatic heterocycles. The quantitative estimate of drug-likeness (QED) is 0.294. The molecule has 0 rings (SSSR count). The Bertz CT molecular complexity index is 24.4. The molecule has 2 nitrogen and oxygen atoms in total. The van der Waals surface area contributed by atoms with Gasteiger partial charge in [0.15, 0.2) is 0 Å². The molecule has 0 aromatic rings. The Kier molecular flexibility index (Phi) is 989. The summed E-state index contributed by atoms with van der Waals surface area (Å²) in [5, 5.41) is 0. The van der Waals surface area contributed by atoms with Crippen molar-refractivity contribution >= 4 is 13.1 Å². The van der Waals surface area contributed by atoms with Gasteiger partial charge in [0.05, 0.1) is 0 Å². The summed E-state index contributed by atoms with van der Waals surface area (Å²) in [7, 11) is 0. The summed E-state index contributed by atoms with van der Waals surface area (Å²) >= 11 is 0. The third-order valence-corrected chi connectivity index (χ3v) is 0. The van der Waals surface area contributed by atoms with Gasteiger partial charge in [-0.25, -0.2) is 0 Å². The Morgan fingerprint density at radius 1 is 1.38 bits per heavy atom. The van der Waals surface area contributed by atoms with E-state index in [1.165, 1.54) is 13.2 Å². The van der Waals surface area contributed by atoms with Gasteiger partial charge in [-0.15, -0.1) is 0 Å². The zero-order chi connectivity index (χ0) is 6.71. The second kappa shape index (κ2) is 319. The molecule has 0 N–H and O–H groups in total.